The van der Waals surface area contributed by atoms with E-state index in [1.54, 1.807) is 21.3 Å². The fraction of sp³-hybridized carbons (Fsp3) is 0.760. The molecule has 0 spiro atoms. The van der Waals surface area contributed by atoms with E-state index in [1.807, 2.05) is 65.0 Å². The van der Waals surface area contributed by atoms with E-state index in [9.17, 15) is 29.4 Å². The SMILES string of the molecule is CO[C@H]1CC2CC[C@@H](C)C(O2)C(=O)C(=O)N2CCCC[C@H]2C(=O)O[C@H](CC[C@@H]2CC[C@@H](O)[C@H](OC)C2)C[C@@H](OC)[C@H](C)/C=C(\C)[C@@H](O)CC(=O)[C@H](C)C[C@H](C)/C=C/C=C/C=C/1C. The summed E-state index contributed by atoms with van der Waals surface area (Å²) in [5, 5.41) is 21.6. The lowest BCUT2D eigenvalue weighted by Gasteiger charge is -2.38. The van der Waals surface area contributed by atoms with E-state index in [2.05, 4.69) is 13.0 Å². The van der Waals surface area contributed by atoms with Gasteiger partial charge in [0.1, 0.15) is 24.0 Å². The van der Waals surface area contributed by atoms with Crippen molar-refractivity contribution in [2.45, 2.75) is 186 Å². The molecule has 3 heterocycles. The minimum Gasteiger partial charge on any atom is -0.461 e. The summed E-state index contributed by atoms with van der Waals surface area (Å²) in [6.07, 6.45) is 15.9. The first-order chi connectivity index (χ1) is 29.6. The second-order valence-corrected chi connectivity index (χ2v) is 19.0. The quantitative estimate of drug-likeness (QED) is 0.155. The zero-order valence-corrected chi connectivity index (χ0v) is 39.2. The van der Waals surface area contributed by atoms with Crippen LogP contribution in [0.1, 0.15) is 131 Å². The van der Waals surface area contributed by atoms with Gasteiger partial charge in [-0.1, -0.05) is 64.2 Å². The molecule has 62 heavy (non-hydrogen) atoms. The van der Waals surface area contributed by atoms with Crippen LogP contribution in [0.15, 0.2) is 47.6 Å². The summed E-state index contributed by atoms with van der Waals surface area (Å²) in [6, 6.07) is -0.914. The van der Waals surface area contributed by atoms with Gasteiger partial charge in [-0.15, -0.1) is 0 Å². The number of nitrogens with zero attached hydrogens (tertiary/aromatic N) is 1. The first-order valence-corrected chi connectivity index (χ1v) is 23.4. The number of fused-ring (bicyclic) bond motifs is 3. The Morgan fingerprint density at radius 1 is 0.774 bits per heavy atom. The van der Waals surface area contributed by atoms with E-state index in [0.29, 0.717) is 69.8 Å². The largest absolute Gasteiger partial charge is 0.461 e. The summed E-state index contributed by atoms with van der Waals surface area (Å²) in [7, 11) is 4.89. The number of carbonyl (C=O) groups excluding carboxylic acids is 4. The number of hydrogen-bond acceptors (Lipinski definition) is 11. The molecule has 2 bridgehead atoms. The van der Waals surface area contributed by atoms with E-state index in [4.69, 9.17) is 23.7 Å². The third-order valence-corrected chi connectivity index (χ3v) is 14.0. The standard InChI is InChI=1S/C50H79NO11/c1-31-15-11-10-12-16-32(2)44(58-7)28-38-21-18-33(3)48(61-38)47(55)49(56)51-24-14-13-17-40(51)50(57)62-39(22-19-37-20-23-41(52)46(27-37)60-9)29-45(59-8)36(6)26-35(5)43(54)30-42(53)34(4)25-31/h10-12,15-16,26,31,33-34,36-41,43-46,48,52,54H,13-14,17-25,27-30H2,1-9H3/b12-10+,15-11+,32-16+,35-26+/t31-,33-,34-,36-,37-,38?,39-,40+,41-,43+,44+,45-,46-,48?/m1/s1. The Balaban J connectivity index is 1.63. The number of aliphatic hydroxyl groups is 2. The number of Topliss-reactive ketones (excluding diaryl/α,β-unsaturated/α-hetero) is 2. The Hall–Kier alpha value is -3.00. The van der Waals surface area contributed by atoms with Gasteiger partial charge in [0.25, 0.3) is 5.91 Å². The maximum Gasteiger partial charge on any atom is 0.329 e. The number of amides is 1. The van der Waals surface area contributed by atoms with Gasteiger partial charge in [0.2, 0.25) is 5.78 Å². The van der Waals surface area contributed by atoms with E-state index in [-0.39, 0.29) is 66.7 Å². The van der Waals surface area contributed by atoms with Gasteiger partial charge in [0.15, 0.2) is 0 Å². The highest BCUT2D eigenvalue weighted by Gasteiger charge is 2.43. The van der Waals surface area contributed by atoms with Gasteiger partial charge in [-0.2, -0.15) is 0 Å². The zero-order valence-electron chi connectivity index (χ0n) is 39.2. The molecule has 2 N–H and O–H groups in total. The van der Waals surface area contributed by atoms with Gasteiger partial charge in [0, 0.05) is 59.0 Å². The van der Waals surface area contributed by atoms with Crippen molar-refractivity contribution >= 4 is 23.4 Å². The molecule has 1 saturated carbocycles. The summed E-state index contributed by atoms with van der Waals surface area (Å²) in [5.74, 6) is -2.08. The molecule has 1 amide bonds. The van der Waals surface area contributed by atoms with E-state index in [0.717, 1.165) is 24.8 Å². The van der Waals surface area contributed by atoms with Crippen LogP contribution in [-0.4, -0.2) is 121 Å². The normalized spacial score (nSPS) is 40.0. The van der Waals surface area contributed by atoms with Crippen LogP contribution in [0.25, 0.3) is 0 Å². The monoisotopic (exact) mass is 870 g/mol. The van der Waals surface area contributed by atoms with E-state index in [1.165, 1.54) is 4.90 Å². The fourth-order valence-electron chi connectivity index (χ4n) is 9.86. The van der Waals surface area contributed by atoms with E-state index < -0.39 is 54.2 Å². The maximum atomic E-state index is 14.3. The highest BCUT2D eigenvalue weighted by Crippen LogP contribution is 2.34. The maximum absolute atomic E-state index is 14.3. The molecule has 1 aliphatic carbocycles. The molecule has 350 valence electrons. The molecule has 4 aliphatic rings. The van der Waals surface area contributed by atoms with Crippen LogP contribution in [0.4, 0.5) is 0 Å². The summed E-state index contributed by atoms with van der Waals surface area (Å²) < 4.78 is 30.3. The lowest BCUT2D eigenvalue weighted by molar-refractivity contribution is -0.169. The Morgan fingerprint density at radius 3 is 2.23 bits per heavy atom. The zero-order chi connectivity index (χ0) is 45.5. The number of ether oxygens (including phenoxy) is 5. The highest BCUT2D eigenvalue weighted by atomic mass is 16.5. The third-order valence-electron chi connectivity index (χ3n) is 14.0. The molecule has 2 saturated heterocycles. The Morgan fingerprint density at radius 2 is 1.52 bits per heavy atom. The minimum atomic E-state index is -0.949. The molecule has 2 unspecified atom stereocenters. The first kappa shape index (κ1) is 51.6. The Bertz CT molecular complexity index is 1590. The summed E-state index contributed by atoms with van der Waals surface area (Å²) >= 11 is 0. The molecule has 0 aromatic carbocycles. The molecule has 3 fully saturated rings. The van der Waals surface area contributed by atoms with Crippen molar-refractivity contribution in [3.8, 4) is 0 Å². The van der Waals surface area contributed by atoms with Crippen LogP contribution in [-0.2, 0) is 42.9 Å². The van der Waals surface area contributed by atoms with Gasteiger partial charge < -0.3 is 38.8 Å². The van der Waals surface area contributed by atoms with Crippen LogP contribution < -0.4 is 0 Å². The molecule has 12 nitrogen and oxygen atoms in total. The van der Waals surface area contributed by atoms with Crippen molar-refractivity contribution in [3.63, 3.8) is 0 Å². The lowest BCUT2D eigenvalue weighted by Crippen LogP contribution is -2.55. The average molecular weight is 870 g/mol. The van der Waals surface area contributed by atoms with Crippen molar-refractivity contribution in [2.24, 2.45) is 29.6 Å². The molecule has 3 aliphatic heterocycles. The number of rotatable bonds is 6. The molecular formula is C50H79NO11. The summed E-state index contributed by atoms with van der Waals surface area (Å²) in [6.45, 7) is 12.0. The number of allylic oxidation sites excluding steroid dienone is 5. The number of aliphatic hydroxyl groups excluding tert-OH is 2. The van der Waals surface area contributed by atoms with Crippen LogP contribution in [0.5, 0.6) is 0 Å². The van der Waals surface area contributed by atoms with Crippen molar-refractivity contribution in [3.05, 3.63) is 47.6 Å². The van der Waals surface area contributed by atoms with Crippen molar-refractivity contribution in [2.75, 3.05) is 27.9 Å². The predicted octanol–water partition coefficient (Wildman–Crippen LogP) is 7.44. The second kappa shape index (κ2) is 25.5. The lowest BCUT2D eigenvalue weighted by atomic mass is 9.81. The molecule has 0 aromatic heterocycles. The van der Waals surface area contributed by atoms with Crippen molar-refractivity contribution in [1.29, 1.82) is 0 Å². The second-order valence-electron chi connectivity index (χ2n) is 19.0. The Kier molecular flexibility index (Phi) is 21.2. The number of methoxy groups -OCH3 is 3. The Labute approximate surface area is 371 Å². The van der Waals surface area contributed by atoms with Crippen LogP contribution in [0, 0.1) is 29.6 Å². The molecule has 12 heteroatoms. The number of ketones is 2. The summed E-state index contributed by atoms with van der Waals surface area (Å²) in [4.78, 5) is 57.3. The van der Waals surface area contributed by atoms with Gasteiger partial charge >= 0.3 is 5.97 Å². The van der Waals surface area contributed by atoms with E-state index >= 15 is 0 Å². The predicted molar refractivity (Wildman–Crippen MR) is 239 cm³/mol. The molecule has 4 rings (SSSR count). The van der Waals surface area contributed by atoms with Crippen molar-refractivity contribution in [1.82, 2.24) is 4.90 Å². The van der Waals surface area contributed by atoms with Crippen LogP contribution in [0.2, 0.25) is 0 Å². The number of cyclic esters (lactones) is 1. The summed E-state index contributed by atoms with van der Waals surface area (Å²) in [5.41, 5.74) is 1.66. The molecule has 14 atom stereocenters. The number of piperidine rings is 1. The number of carbonyl (C=O) groups is 4. The number of esters is 1. The average Bonchev–Trinajstić information content (AvgIpc) is 3.25. The smallest absolute Gasteiger partial charge is 0.329 e. The van der Waals surface area contributed by atoms with Crippen molar-refractivity contribution < 1.29 is 53.1 Å². The van der Waals surface area contributed by atoms with Gasteiger partial charge in [-0.25, -0.2) is 4.79 Å². The number of hydrogen-bond donors (Lipinski definition) is 2. The molecular weight excluding hydrogens is 791 g/mol. The van der Waals surface area contributed by atoms with Gasteiger partial charge in [0.05, 0.1) is 36.6 Å². The highest BCUT2D eigenvalue weighted by molar-refractivity contribution is 6.38. The molecule has 0 aromatic rings. The third kappa shape index (κ3) is 15.0. The fourth-order valence-corrected chi connectivity index (χ4v) is 9.86. The van der Waals surface area contributed by atoms with Gasteiger partial charge in [-0.05, 0) is 113 Å². The van der Waals surface area contributed by atoms with Crippen LogP contribution >= 0.6 is 0 Å². The first-order valence-electron chi connectivity index (χ1n) is 23.4. The molecule has 0 radical (unpaired) electrons. The topological polar surface area (TPSA) is 158 Å². The van der Waals surface area contributed by atoms with Gasteiger partial charge in [-0.3, -0.25) is 14.4 Å². The minimum absolute atomic E-state index is 0.00249. The van der Waals surface area contributed by atoms with Crippen LogP contribution in [0.3, 0.4) is 0 Å².